The van der Waals surface area contributed by atoms with Crippen molar-refractivity contribution in [3.05, 3.63) is 35.0 Å². The van der Waals surface area contributed by atoms with E-state index in [-0.39, 0.29) is 30.1 Å². The van der Waals surface area contributed by atoms with Gasteiger partial charge in [0.1, 0.15) is 4.90 Å². The lowest BCUT2D eigenvalue weighted by atomic mass is 10.2. The van der Waals surface area contributed by atoms with E-state index in [0.717, 1.165) is 0 Å². The second-order valence-corrected chi connectivity index (χ2v) is 9.81. The molecule has 2 aromatic rings. The van der Waals surface area contributed by atoms with Crippen molar-refractivity contribution >= 4 is 37.3 Å². The first kappa shape index (κ1) is 19.8. The van der Waals surface area contributed by atoms with Crippen LogP contribution in [0.3, 0.4) is 0 Å². The highest BCUT2D eigenvalue weighted by Crippen LogP contribution is 2.34. The van der Waals surface area contributed by atoms with Gasteiger partial charge in [-0.15, -0.1) is 0 Å². The van der Waals surface area contributed by atoms with Crippen LogP contribution in [0.5, 0.6) is 0 Å². The van der Waals surface area contributed by atoms with Gasteiger partial charge in [0, 0.05) is 10.6 Å². The van der Waals surface area contributed by atoms with Gasteiger partial charge in [0.25, 0.3) is 0 Å². The van der Waals surface area contributed by atoms with E-state index in [1.165, 1.54) is 22.9 Å². The number of fused-ring (bicyclic) bond motifs is 1. The van der Waals surface area contributed by atoms with E-state index in [2.05, 4.69) is 9.97 Å². The summed E-state index contributed by atoms with van der Waals surface area (Å²) in [4.78, 5) is 7.23. The summed E-state index contributed by atoms with van der Waals surface area (Å²) in [7, 11) is -9.92. The zero-order chi connectivity index (χ0) is 20.0. The van der Waals surface area contributed by atoms with Gasteiger partial charge < -0.3 is 0 Å². The molecule has 0 aliphatic carbocycles. The van der Waals surface area contributed by atoms with Crippen molar-refractivity contribution in [3.63, 3.8) is 0 Å². The topological polar surface area (TPSA) is 106 Å². The van der Waals surface area contributed by atoms with Crippen molar-refractivity contribution in [2.24, 2.45) is 0 Å². The second-order valence-electron chi connectivity index (χ2n) is 5.66. The largest absolute Gasteiger partial charge is 0.516 e. The Balaban J connectivity index is 2.25. The molecule has 0 unspecified atom stereocenters. The summed E-state index contributed by atoms with van der Waals surface area (Å²) < 4.78 is 87.2. The summed E-state index contributed by atoms with van der Waals surface area (Å²) in [6, 6.07) is 6.01. The molecule has 1 aromatic carbocycles. The van der Waals surface area contributed by atoms with Gasteiger partial charge >= 0.3 is 15.5 Å². The maximum absolute atomic E-state index is 12.8. The standard InChI is InChI=1S/C14H11ClF3N3O4S2/c15-9-4-1-3-8(7-9)12-19-10-5-2-6-26(22,23)11(10)13(20-12)21-27(24,25)14(16,17)18/h1,3-4,7H,2,5-6H2,(H,19,20,21). The third-order valence-electron chi connectivity index (χ3n) is 3.69. The van der Waals surface area contributed by atoms with Crippen molar-refractivity contribution < 1.29 is 30.0 Å². The molecule has 1 N–H and O–H groups in total. The van der Waals surface area contributed by atoms with Gasteiger partial charge in [-0.25, -0.2) is 18.4 Å². The van der Waals surface area contributed by atoms with Gasteiger partial charge in [-0.05, 0) is 25.0 Å². The molecular weight excluding hydrogens is 431 g/mol. The zero-order valence-electron chi connectivity index (χ0n) is 13.3. The molecule has 0 spiro atoms. The number of aryl methyl sites for hydroxylation is 1. The molecule has 0 bridgehead atoms. The van der Waals surface area contributed by atoms with Gasteiger partial charge in [0.2, 0.25) is 0 Å². The Kier molecular flexibility index (Phi) is 4.85. The molecule has 146 valence electrons. The highest BCUT2D eigenvalue weighted by Gasteiger charge is 2.47. The number of sulfone groups is 1. The number of sulfonamides is 1. The van der Waals surface area contributed by atoms with E-state index in [1.54, 1.807) is 6.07 Å². The molecule has 13 heteroatoms. The Labute approximate surface area is 157 Å². The Morgan fingerprint density at radius 1 is 1.19 bits per heavy atom. The van der Waals surface area contributed by atoms with Crippen molar-refractivity contribution in [3.8, 4) is 11.4 Å². The van der Waals surface area contributed by atoms with Crippen LogP contribution in [-0.4, -0.2) is 38.1 Å². The van der Waals surface area contributed by atoms with Crippen LogP contribution in [-0.2, 0) is 26.3 Å². The molecule has 3 rings (SSSR count). The molecular formula is C14H11ClF3N3O4S2. The molecule has 1 aromatic heterocycles. The number of anilines is 1. The van der Waals surface area contributed by atoms with Gasteiger partial charge in [-0.3, -0.25) is 4.72 Å². The molecule has 0 saturated heterocycles. The van der Waals surface area contributed by atoms with E-state index >= 15 is 0 Å². The average Bonchev–Trinajstić information content (AvgIpc) is 2.52. The van der Waals surface area contributed by atoms with Crippen LogP contribution < -0.4 is 4.72 Å². The summed E-state index contributed by atoms with van der Waals surface area (Å²) >= 11 is 5.88. The fourth-order valence-electron chi connectivity index (χ4n) is 2.54. The van der Waals surface area contributed by atoms with Crippen LogP contribution in [0.1, 0.15) is 12.1 Å². The minimum atomic E-state index is -5.87. The third kappa shape index (κ3) is 3.87. The quantitative estimate of drug-likeness (QED) is 0.785. The third-order valence-corrected chi connectivity index (χ3v) is 6.88. The normalized spacial score (nSPS) is 16.6. The molecule has 0 fully saturated rings. The van der Waals surface area contributed by atoms with Gasteiger partial charge in [0.15, 0.2) is 21.5 Å². The predicted octanol–water partition coefficient (Wildman–Crippen LogP) is 2.78. The monoisotopic (exact) mass is 441 g/mol. The van der Waals surface area contributed by atoms with Crippen LogP contribution in [0.4, 0.5) is 19.0 Å². The van der Waals surface area contributed by atoms with Gasteiger partial charge in [-0.1, -0.05) is 23.7 Å². The molecule has 27 heavy (non-hydrogen) atoms. The van der Waals surface area contributed by atoms with E-state index < -0.39 is 36.1 Å². The molecule has 0 saturated carbocycles. The van der Waals surface area contributed by atoms with E-state index in [0.29, 0.717) is 10.6 Å². The summed E-state index contributed by atoms with van der Waals surface area (Å²) in [5.74, 6) is -1.42. The summed E-state index contributed by atoms with van der Waals surface area (Å²) in [6.45, 7) is 0. The Bertz CT molecular complexity index is 1120. The van der Waals surface area contributed by atoms with Gasteiger partial charge in [-0.2, -0.15) is 21.6 Å². The van der Waals surface area contributed by atoms with Crippen molar-refractivity contribution in [1.82, 2.24) is 9.97 Å². The number of alkyl halides is 3. The molecule has 7 nitrogen and oxygen atoms in total. The Morgan fingerprint density at radius 2 is 1.89 bits per heavy atom. The number of hydrogen-bond acceptors (Lipinski definition) is 6. The van der Waals surface area contributed by atoms with Crippen LogP contribution in [0, 0.1) is 0 Å². The Morgan fingerprint density at radius 3 is 2.52 bits per heavy atom. The predicted molar refractivity (Wildman–Crippen MR) is 91.4 cm³/mol. The van der Waals surface area contributed by atoms with Crippen LogP contribution in [0.25, 0.3) is 11.4 Å². The Hall–Kier alpha value is -1.92. The highest BCUT2D eigenvalue weighted by atomic mass is 35.5. The summed E-state index contributed by atoms with van der Waals surface area (Å²) in [5.41, 5.74) is -5.40. The smallest absolute Gasteiger partial charge is 0.259 e. The number of aromatic nitrogens is 2. The van der Waals surface area contributed by atoms with Gasteiger partial charge in [0.05, 0.1) is 11.4 Å². The minimum absolute atomic E-state index is 0.0499. The fourth-order valence-corrected chi connectivity index (χ4v) is 4.94. The summed E-state index contributed by atoms with van der Waals surface area (Å²) in [6.07, 6.45) is 0.345. The van der Waals surface area contributed by atoms with Crippen LogP contribution in [0.2, 0.25) is 5.02 Å². The lowest BCUT2D eigenvalue weighted by molar-refractivity contribution is -0.0429. The second kappa shape index (κ2) is 6.60. The lowest BCUT2D eigenvalue weighted by Gasteiger charge is -2.20. The lowest BCUT2D eigenvalue weighted by Crippen LogP contribution is -2.32. The number of hydrogen-bond donors (Lipinski definition) is 1. The number of nitrogens with zero attached hydrogens (tertiary/aromatic N) is 2. The molecule has 2 heterocycles. The van der Waals surface area contributed by atoms with Crippen LogP contribution in [0.15, 0.2) is 29.2 Å². The fraction of sp³-hybridized carbons (Fsp3) is 0.286. The maximum Gasteiger partial charge on any atom is 0.516 e. The molecule has 1 aliphatic rings. The summed E-state index contributed by atoms with van der Waals surface area (Å²) in [5, 5.41) is 0.291. The van der Waals surface area contributed by atoms with Crippen molar-refractivity contribution in [2.45, 2.75) is 23.2 Å². The average molecular weight is 442 g/mol. The first-order valence-corrected chi connectivity index (χ1v) is 10.9. The van der Waals surface area contributed by atoms with E-state index in [9.17, 15) is 30.0 Å². The van der Waals surface area contributed by atoms with Crippen molar-refractivity contribution in [1.29, 1.82) is 0 Å². The molecule has 0 amide bonds. The maximum atomic E-state index is 12.8. The number of benzene rings is 1. The highest BCUT2D eigenvalue weighted by molar-refractivity contribution is 7.94. The molecule has 0 radical (unpaired) electrons. The molecule has 0 atom stereocenters. The zero-order valence-corrected chi connectivity index (χ0v) is 15.7. The number of rotatable bonds is 3. The number of halogens is 4. The number of nitrogens with one attached hydrogen (secondary N) is 1. The van der Waals surface area contributed by atoms with E-state index in [1.807, 2.05) is 0 Å². The van der Waals surface area contributed by atoms with E-state index in [4.69, 9.17) is 11.6 Å². The van der Waals surface area contributed by atoms with Crippen molar-refractivity contribution in [2.75, 3.05) is 10.5 Å². The first-order valence-electron chi connectivity index (χ1n) is 7.39. The SMILES string of the molecule is O=S1(=O)CCCc2nc(-c3cccc(Cl)c3)nc(NS(=O)(=O)C(F)(F)F)c21. The minimum Gasteiger partial charge on any atom is -0.259 e. The first-order chi connectivity index (χ1) is 12.4. The van der Waals surface area contributed by atoms with Crippen LogP contribution >= 0.6 is 11.6 Å². The molecule has 1 aliphatic heterocycles.